The lowest BCUT2D eigenvalue weighted by Gasteiger charge is -2.32. The van der Waals surface area contributed by atoms with Gasteiger partial charge in [-0.25, -0.2) is 0 Å². The number of aromatic nitrogens is 3. The first-order valence-electron chi connectivity index (χ1n) is 9.68. The monoisotopic (exact) mass is 482 g/mol. The molecule has 3 aromatic rings. The van der Waals surface area contributed by atoms with Crippen molar-refractivity contribution in [3.8, 4) is 11.1 Å². The number of benzene rings is 1. The van der Waals surface area contributed by atoms with E-state index in [-0.39, 0.29) is 11.9 Å². The molecule has 0 saturated heterocycles. The van der Waals surface area contributed by atoms with Crippen LogP contribution in [0.15, 0.2) is 48.8 Å². The summed E-state index contributed by atoms with van der Waals surface area (Å²) in [6.45, 7) is 4.10. The predicted octanol–water partition coefficient (Wildman–Crippen LogP) is 4.00. The Morgan fingerprint density at radius 3 is 2.30 bits per heavy atom. The summed E-state index contributed by atoms with van der Waals surface area (Å²) in [4.78, 5) is 18.9. The molecule has 1 unspecified atom stereocenters. The summed E-state index contributed by atoms with van der Waals surface area (Å²) in [5, 5.41) is 4.37. The molecule has 12 heteroatoms. The number of aryl methyl sites for hydroxylation is 1. The molecular weight excluding hydrogens is 461 g/mol. The van der Waals surface area contributed by atoms with Gasteiger partial charge in [-0.3, -0.25) is 19.0 Å². The first-order chi connectivity index (χ1) is 15.3. The number of alkyl halides is 3. The van der Waals surface area contributed by atoms with Crippen molar-refractivity contribution in [2.75, 3.05) is 17.7 Å². The van der Waals surface area contributed by atoms with Gasteiger partial charge in [0, 0.05) is 29.7 Å². The lowest BCUT2D eigenvalue weighted by atomic mass is 10.0. The molecule has 0 aliphatic carbocycles. The van der Waals surface area contributed by atoms with Crippen LogP contribution >= 0.6 is 0 Å². The number of anilines is 1. The van der Waals surface area contributed by atoms with Crippen LogP contribution in [-0.2, 0) is 16.3 Å². The molecule has 2 aromatic heterocycles. The third-order valence-corrected chi connectivity index (χ3v) is 4.82. The van der Waals surface area contributed by atoms with Gasteiger partial charge >= 0.3 is 6.18 Å². The Labute approximate surface area is 188 Å². The van der Waals surface area contributed by atoms with Gasteiger partial charge in [0.1, 0.15) is 5.69 Å². The third-order valence-electron chi connectivity index (χ3n) is 4.82. The topological polar surface area (TPSA) is 105 Å². The van der Waals surface area contributed by atoms with Gasteiger partial charge in [0.15, 0.2) is 0 Å². The smallest absolute Gasteiger partial charge is 0.305 e. The molecule has 0 spiro atoms. The van der Waals surface area contributed by atoms with Gasteiger partial charge in [0.2, 0.25) is 0 Å². The van der Waals surface area contributed by atoms with Gasteiger partial charge < -0.3 is 4.90 Å². The number of pyridine rings is 1. The fourth-order valence-electron chi connectivity index (χ4n) is 3.44. The molecule has 3 heterocycles. The normalized spacial score (nSPS) is 16.2. The van der Waals surface area contributed by atoms with E-state index in [9.17, 15) is 26.4 Å². The number of rotatable bonds is 2. The van der Waals surface area contributed by atoms with E-state index in [1.165, 1.54) is 17.0 Å². The van der Waals surface area contributed by atoms with Crippen molar-refractivity contribution in [1.82, 2.24) is 14.8 Å². The van der Waals surface area contributed by atoms with Crippen molar-refractivity contribution >= 4 is 21.7 Å². The zero-order chi connectivity index (χ0) is 24.6. The standard InChI is InChI=1S/C20H17F3N4O.CH4O3S/c1-12-9-14(7-8-24-12)17-10-25-27-13(2)11-26(19(28)18(17)27)16-5-3-15(4-6-16)20(21,22)23;1-5(2,3)4/h3-10,13H,11H2,1-2H3;1H3,(H,2,3,4). The predicted molar refractivity (Wildman–Crippen MR) is 115 cm³/mol. The number of fused-ring (bicyclic) bond motifs is 1. The highest BCUT2D eigenvalue weighted by atomic mass is 32.2. The van der Waals surface area contributed by atoms with Crippen LogP contribution in [0.4, 0.5) is 18.9 Å². The minimum absolute atomic E-state index is 0.119. The Kier molecular flexibility index (Phi) is 6.61. The van der Waals surface area contributed by atoms with Gasteiger partial charge in [-0.15, -0.1) is 0 Å². The fraction of sp³-hybridized carbons (Fsp3) is 0.286. The van der Waals surface area contributed by atoms with Crippen molar-refractivity contribution in [1.29, 1.82) is 0 Å². The molecule has 1 amide bonds. The fourth-order valence-corrected chi connectivity index (χ4v) is 3.44. The summed E-state index contributed by atoms with van der Waals surface area (Å²) >= 11 is 0. The van der Waals surface area contributed by atoms with Crippen molar-refractivity contribution < 1.29 is 30.9 Å². The van der Waals surface area contributed by atoms with Gasteiger partial charge in [-0.1, -0.05) is 0 Å². The molecule has 33 heavy (non-hydrogen) atoms. The van der Waals surface area contributed by atoms with Crippen LogP contribution in [0.2, 0.25) is 0 Å². The Balaban J connectivity index is 0.000000555. The van der Waals surface area contributed by atoms with Crippen LogP contribution in [0, 0.1) is 6.92 Å². The number of amides is 1. The maximum Gasteiger partial charge on any atom is 0.416 e. The number of halogens is 3. The number of carbonyl (C=O) groups is 1. The van der Waals surface area contributed by atoms with Crippen LogP contribution in [0.25, 0.3) is 11.1 Å². The molecule has 0 saturated carbocycles. The average Bonchev–Trinajstić information content (AvgIpc) is 3.15. The first kappa shape index (κ1) is 24.4. The highest BCUT2D eigenvalue weighted by Gasteiger charge is 2.35. The second-order valence-corrected chi connectivity index (χ2v) is 9.05. The lowest BCUT2D eigenvalue weighted by Crippen LogP contribution is -2.42. The minimum atomic E-state index is -4.41. The Hall–Kier alpha value is -3.25. The van der Waals surface area contributed by atoms with E-state index in [1.807, 2.05) is 19.9 Å². The van der Waals surface area contributed by atoms with E-state index in [0.29, 0.717) is 29.7 Å². The maximum atomic E-state index is 13.2. The third kappa shape index (κ3) is 5.76. The highest BCUT2D eigenvalue weighted by molar-refractivity contribution is 7.85. The average molecular weight is 482 g/mol. The summed E-state index contributed by atoms with van der Waals surface area (Å²) < 4.78 is 66.0. The Morgan fingerprint density at radius 2 is 1.76 bits per heavy atom. The quantitative estimate of drug-likeness (QED) is 0.554. The first-order valence-corrected chi connectivity index (χ1v) is 11.5. The van der Waals surface area contributed by atoms with Gasteiger partial charge in [0.25, 0.3) is 16.0 Å². The van der Waals surface area contributed by atoms with E-state index < -0.39 is 21.9 Å². The summed E-state index contributed by atoms with van der Waals surface area (Å²) in [6.07, 6.45) is -0.385. The number of nitrogens with zero attached hydrogens (tertiary/aromatic N) is 4. The van der Waals surface area contributed by atoms with Crippen LogP contribution in [0.1, 0.15) is 34.7 Å². The summed E-state index contributed by atoms with van der Waals surface area (Å²) in [6, 6.07) is 8.20. The van der Waals surface area contributed by atoms with E-state index in [2.05, 4.69) is 10.1 Å². The molecule has 176 valence electrons. The van der Waals surface area contributed by atoms with E-state index in [1.54, 1.807) is 23.1 Å². The lowest BCUT2D eigenvalue weighted by molar-refractivity contribution is -0.137. The zero-order valence-corrected chi connectivity index (χ0v) is 18.7. The highest BCUT2D eigenvalue weighted by Crippen LogP contribution is 2.34. The summed E-state index contributed by atoms with van der Waals surface area (Å²) in [5.74, 6) is -0.292. The number of hydrogen-bond donors (Lipinski definition) is 1. The van der Waals surface area contributed by atoms with E-state index >= 15 is 0 Å². The molecule has 1 N–H and O–H groups in total. The largest absolute Gasteiger partial charge is 0.416 e. The summed E-state index contributed by atoms with van der Waals surface area (Å²) in [5.41, 5.74) is 2.42. The van der Waals surface area contributed by atoms with Gasteiger partial charge in [0.05, 0.1) is 24.1 Å². The van der Waals surface area contributed by atoms with E-state index in [4.69, 9.17) is 4.55 Å². The second kappa shape index (κ2) is 8.94. The molecular formula is C21H21F3N4O4S. The summed E-state index contributed by atoms with van der Waals surface area (Å²) in [7, 11) is -3.67. The van der Waals surface area contributed by atoms with Crippen molar-refractivity contribution in [2.24, 2.45) is 0 Å². The van der Waals surface area contributed by atoms with Crippen LogP contribution in [0.5, 0.6) is 0 Å². The minimum Gasteiger partial charge on any atom is -0.305 e. The van der Waals surface area contributed by atoms with Crippen LogP contribution in [0.3, 0.4) is 0 Å². The second-order valence-electron chi connectivity index (χ2n) is 7.58. The van der Waals surface area contributed by atoms with Crippen molar-refractivity contribution in [3.05, 3.63) is 65.7 Å². The molecule has 0 bridgehead atoms. The molecule has 0 fully saturated rings. The Morgan fingerprint density at radius 1 is 1.15 bits per heavy atom. The molecule has 1 atom stereocenters. The van der Waals surface area contributed by atoms with Gasteiger partial charge in [-0.05, 0) is 55.8 Å². The molecule has 1 aromatic carbocycles. The van der Waals surface area contributed by atoms with Crippen molar-refractivity contribution in [3.63, 3.8) is 0 Å². The number of hydrogen-bond acceptors (Lipinski definition) is 5. The SMILES string of the molecule is CS(=O)(=O)O.Cc1cc(-c2cnn3c2C(=O)N(c2ccc(C(F)(F)F)cc2)CC3C)ccn1. The molecule has 1 aliphatic heterocycles. The van der Waals surface area contributed by atoms with Gasteiger partial charge in [-0.2, -0.15) is 26.7 Å². The van der Waals surface area contributed by atoms with E-state index in [0.717, 1.165) is 23.4 Å². The Bertz CT molecular complexity index is 1260. The molecule has 8 nitrogen and oxygen atoms in total. The molecule has 1 aliphatic rings. The zero-order valence-electron chi connectivity index (χ0n) is 17.9. The molecule has 4 rings (SSSR count). The van der Waals surface area contributed by atoms with Crippen LogP contribution < -0.4 is 4.90 Å². The van der Waals surface area contributed by atoms with Crippen molar-refractivity contribution in [2.45, 2.75) is 26.1 Å². The number of carbonyl (C=O) groups excluding carboxylic acids is 1. The maximum absolute atomic E-state index is 13.2. The van der Waals surface area contributed by atoms with Crippen LogP contribution in [-0.4, -0.2) is 46.4 Å². The molecule has 0 radical (unpaired) electrons.